The molecule has 2 fully saturated rings. The van der Waals surface area contributed by atoms with E-state index in [2.05, 4.69) is 27.3 Å². The summed E-state index contributed by atoms with van der Waals surface area (Å²) in [6.07, 6.45) is 6.60. The second-order valence-electron chi connectivity index (χ2n) is 7.14. The standard InChI is InChI=1S/C20H31N3O2.HI/c1-21-20(22-9-4-5-15-6-7-15)23-10-8-16(14-23)17-11-18(24-2)13-19(12-17)25-3;/h11-13,15-16H,4-10,14H2,1-3H3,(H,21,22);1H. The fourth-order valence-electron chi connectivity index (χ4n) is 3.62. The van der Waals surface area contributed by atoms with Crippen LogP contribution in [0.15, 0.2) is 23.2 Å². The zero-order chi connectivity index (χ0) is 17.6. The first-order valence-electron chi connectivity index (χ1n) is 9.42. The van der Waals surface area contributed by atoms with Gasteiger partial charge >= 0.3 is 0 Å². The molecule has 1 unspecified atom stereocenters. The topological polar surface area (TPSA) is 46.1 Å². The third kappa shape index (κ3) is 5.66. The van der Waals surface area contributed by atoms with Crippen LogP contribution in [0.25, 0.3) is 0 Å². The molecule has 0 bridgehead atoms. The number of likely N-dealkylation sites (tertiary alicyclic amines) is 1. The van der Waals surface area contributed by atoms with E-state index in [9.17, 15) is 0 Å². The van der Waals surface area contributed by atoms with Crippen molar-refractivity contribution in [1.29, 1.82) is 0 Å². The predicted octanol–water partition coefficient (Wildman–Crippen LogP) is 3.88. The lowest BCUT2D eigenvalue weighted by molar-refractivity contribution is 0.392. The van der Waals surface area contributed by atoms with Crippen LogP contribution in [-0.2, 0) is 0 Å². The largest absolute Gasteiger partial charge is 0.497 e. The number of methoxy groups -OCH3 is 2. The monoisotopic (exact) mass is 473 g/mol. The van der Waals surface area contributed by atoms with Crippen LogP contribution in [-0.4, -0.2) is 51.8 Å². The normalized spacial score (nSPS) is 19.9. The van der Waals surface area contributed by atoms with Gasteiger partial charge in [0.15, 0.2) is 5.96 Å². The van der Waals surface area contributed by atoms with Crippen LogP contribution >= 0.6 is 24.0 Å². The van der Waals surface area contributed by atoms with Gasteiger partial charge in [0.2, 0.25) is 0 Å². The molecule has 26 heavy (non-hydrogen) atoms. The van der Waals surface area contributed by atoms with Crippen molar-refractivity contribution < 1.29 is 9.47 Å². The molecule has 6 heteroatoms. The van der Waals surface area contributed by atoms with Crippen molar-refractivity contribution >= 4 is 29.9 Å². The summed E-state index contributed by atoms with van der Waals surface area (Å²) in [6, 6.07) is 6.18. The van der Waals surface area contributed by atoms with Crippen LogP contribution in [0.3, 0.4) is 0 Å². The van der Waals surface area contributed by atoms with Crippen molar-refractivity contribution in [3.8, 4) is 11.5 Å². The Balaban J connectivity index is 0.00000243. The zero-order valence-electron chi connectivity index (χ0n) is 16.2. The minimum absolute atomic E-state index is 0. The van der Waals surface area contributed by atoms with Crippen LogP contribution in [0.2, 0.25) is 0 Å². The Morgan fingerprint density at radius 3 is 2.42 bits per heavy atom. The molecule has 1 heterocycles. The van der Waals surface area contributed by atoms with E-state index in [0.29, 0.717) is 5.92 Å². The highest BCUT2D eigenvalue weighted by atomic mass is 127. The highest BCUT2D eigenvalue weighted by Crippen LogP contribution is 2.34. The van der Waals surface area contributed by atoms with E-state index in [1.54, 1.807) is 14.2 Å². The minimum atomic E-state index is 0. The molecule has 1 aliphatic carbocycles. The molecular weight excluding hydrogens is 441 g/mol. The van der Waals surface area contributed by atoms with Gasteiger partial charge in [0.25, 0.3) is 0 Å². The summed E-state index contributed by atoms with van der Waals surface area (Å²) >= 11 is 0. The Bertz CT molecular complexity index is 582. The fourth-order valence-corrected chi connectivity index (χ4v) is 3.62. The molecule has 1 saturated carbocycles. The number of hydrogen-bond acceptors (Lipinski definition) is 3. The fraction of sp³-hybridized carbons (Fsp3) is 0.650. The Labute approximate surface area is 174 Å². The molecule has 5 nitrogen and oxygen atoms in total. The van der Waals surface area contributed by atoms with Crippen molar-refractivity contribution in [2.75, 3.05) is 40.9 Å². The van der Waals surface area contributed by atoms with Crippen molar-refractivity contribution in [3.63, 3.8) is 0 Å². The Morgan fingerprint density at radius 2 is 1.85 bits per heavy atom. The number of nitrogens with zero attached hydrogens (tertiary/aromatic N) is 2. The molecule has 0 radical (unpaired) electrons. The SMILES string of the molecule is CN=C(NCCCC1CC1)N1CCC(c2cc(OC)cc(OC)c2)C1.I. The van der Waals surface area contributed by atoms with Crippen molar-refractivity contribution in [2.24, 2.45) is 10.9 Å². The van der Waals surface area contributed by atoms with E-state index >= 15 is 0 Å². The summed E-state index contributed by atoms with van der Waals surface area (Å²) < 4.78 is 10.8. The second kappa shape index (κ2) is 10.2. The Hall–Kier alpha value is -1.18. The van der Waals surface area contributed by atoms with Crippen LogP contribution in [0.5, 0.6) is 11.5 Å². The van der Waals surface area contributed by atoms with Crippen molar-refractivity contribution in [3.05, 3.63) is 23.8 Å². The third-order valence-electron chi connectivity index (χ3n) is 5.31. The molecule has 146 valence electrons. The van der Waals surface area contributed by atoms with Gasteiger partial charge in [-0.3, -0.25) is 4.99 Å². The van der Waals surface area contributed by atoms with Crippen LogP contribution < -0.4 is 14.8 Å². The number of guanidine groups is 1. The summed E-state index contributed by atoms with van der Waals surface area (Å²) in [4.78, 5) is 6.85. The number of benzene rings is 1. The molecule has 1 saturated heterocycles. The third-order valence-corrected chi connectivity index (χ3v) is 5.31. The quantitative estimate of drug-likeness (QED) is 0.283. The highest BCUT2D eigenvalue weighted by molar-refractivity contribution is 14.0. The average Bonchev–Trinajstić information content (AvgIpc) is 3.35. The maximum Gasteiger partial charge on any atom is 0.193 e. The summed E-state index contributed by atoms with van der Waals surface area (Å²) in [6.45, 7) is 3.04. The van der Waals surface area contributed by atoms with E-state index in [4.69, 9.17) is 9.47 Å². The molecule has 1 aromatic carbocycles. The lowest BCUT2D eigenvalue weighted by atomic mass is 9.98. The second-order valence-corrected chi connectivity index (χ2v) is 7.14. The number of rotatable bonds is 7. The first-order valence-corrected chi connectivity index (χ1v) is 9.42. The summed E-state index contributed by atoms with van der Waals surface area (Å²) in [7, 11) is 5.28. The molecule has 3 rings (SSSR count). The zero-order valence-corrected chi connectivity index (χ0v) is 18.5. The van der Waals surface area contributed by atoms with E-state index in [-0.39, 0.29) is 24.0 Å². The van der Waals surface area contributed by atoms with Gasteiger partial charge < -0.3 is 19.7 Å². The number of hydrogen-bond donors (Lipinski definition) is 1. The smallest absolute Gasteiger partial charge is 0.193 e. The van der Waals surface area contributed by atoms with Gasteiger partial charge in [-0.05, 0) is 42.9 Å². The van der Waals surface area contributed by atoms with Gasteiger partial charge in [-0.15, -0.1) is 24.0 Å². The van der Waals surface area contributed by atoms with Crippen LogP contribution in [0.4, 0.5) is 0 Å². The first-order chi connectivity index (χ1) is 12.2. The average molecular weight is 473 g/mol. The van der Waals surface area contributed by atoms with E-state index in [1.807, 2.05) is 13.1 Å². The van der Waals surface area contributed by atoms with Gasteiger partial charge in [0, 0.05) is 38.7 Å². The van der Waals surface area contributed by atoms with E-state index < -0.39 is 0 Å². The first kappa shape index (κ1) is 21.1. The molecule has 0 spiro atoms. The van der Waals surface area contributed by atoms with Gasteiger partial charge in [0.05, 0.1) is 14.2 Å². The molecule has 1 aliphatic heterocycles. The summed E-state index contributed by atoms with van der Waals surface area (Å²) in [5.74, 6) is 4.23. The molecule has 1 atom stereocenters. The lowest BCUT2D eigenvalue weighted by Gasteiger charge is -2.22. The van der Waals surface area contributed by atoms with Gasteiger partial charge in [-0.25, -0.2) is 0 Å². The van der Waals surface area contributed by atoms with E-state index in [0.717, 1.165) is 49.4 Å². The lowest BCUT2D eigenvalue weighted by Crippen LogP contribution is -2.40. The molecule has 0 aromatic heterocycles. The van der Waals surface area contributed by atoms with Gasteiger partial charge in [0.1, 0.15) is 11.5 Å². The maximum absolute atomic E-state index is 5.41. The Morgan fingerprint density at radius 1 is 1.15 bits per heavy atom. The number of nitrogens with one attached hydrogen (secondary N) is 1. The highest BCUT2D eigenvalue weighted by Gasteiger charge is 2.27. The maximum atomic E-state index is 5.41. The van der Waals surface area contributed by atoms with E-state index in [1.165, 1.54) is 31.2 Å². The molecule has 2 aliphatic rings. The molecule has 0 amide bonds. The Kier molecular flexibility index (Phi) is 8.31. The molecule has 1 aromatic rings. The molecular formula is C20H32IN3O2. The van der Waals surface area contributed by atoms with Gasteiger partial charge in [-0.1, -0.05) is 12.8 Å². The number of ether oxygens (including phenoxy) is 2. The van der Waals surface area contributed by atoms with Crippen LogP contribution in [0, 0.1) is 5.92 Å². The van der Waals surface area contributed by atoms with Crippen molar-refractivity contribution in [1.82, 2.24) is 10.2 Å². The van der Waals surface area contributed by atoms with Gasteiger partial charge in [-0.2, -0.15) is 0 Å². The predicted molar refractivity (Wildman–Crippen MR) is 117 cm³/mol. The van der Waals surface area contributed by atoms with Crippen LogP contribution in [0.1, 0.15) is 43.6 Å². The van der Waals surface area contributed by atoms with Crippen molar-refractivity contribution in [2.45, 2.75) is 38.0 Å². The molecule has 1 N–H and O–H groups in total. The number of aliphatic imine (C=N–C) groups is 1. The summed E-state index contributed by atoms with van der Waals surface area (Å²) in [5.41, 5.74) is 1.28. The number of halogens is 1. The minimum Gasteiger partial charge on any atom is -0.497 e. The summed E-state index contributed by atoms with van der Waals surface area (Å²) in [5, 5.41) is 3.54.